The lowest BCUT2D eigenvalue weighted by atomic mass is 10.1. The lowest BCUT2D eigenvalue weighted by Gasteiger charge is -2.14. The maximum Gasteiger partial charge on any atom is 0.269 e. The Kier molecular flexibility index (Phi) is 5.41. The van der Waals surface area contributed by atoms with Crippen molar-refractivity contribution in [2.24, 2.45) is 0 Å². The molecule has 2 aromatic carbocycles. The first kappa shape index (κ1) is 18.8. The minimum absolute atomic E-state index is 0.272. The second-order valence-corrected chi connectivity index (χ2v) is 6.87. The zero-order valence-corrected chi connectivity index (χ0v) is 16.7. The van der Waals surface area contributed by atoms with Gasteiger partial charge in [0.25, 0.3) is 5.91 Å². The Labute approximate surface area is 164 Å². The molecule has 1 heterocycles. The molecule has 0 saturated carbocycles. The molecular formula is C20H23N5OS. The molecule has 1 aromatic heterocycles. The lowest BCUT2D eigenvalue weighted by molar-refractivity contribution is 0.0944. The minimum atomic E-state index is -0.272. The molecule has 0 bridgehead atoms. The molecule has 0 spiro atoms. The fourth-order valence-corrected chi connectivity index (χ4v) is 3.16. The highest BCUT2D eigenvalue weighted by Crippen LogP contribution is 2.18. The topological polar surface area (TPSA) is 71.0 Å². The van der Waals surface area contributed by atoms with E-state index in [0.717, 1.165) is 40.2 Å². The summed E-state index contributed by atoms with van der Waals surface area (Å²) in [7, 11) is 0. The Morgan fingerprint density at radius 3 is 2.63 bits per heavy atom. The summed E-state index contributed by atoms with van der Waals surface area (Å²) in [6.45, 7) is 8.88. The molecule has 7 heteroatoms. The molecule has 0 fully saturated rings. The van der Waals surface area contributed by atoms with Crippen LogP contribution in [0.1, 0.15) is 34.2 Å². The van der Waals surface area contributed by atoms with Crippen molar-refractivity contribution >= 4 is 40.0 Å². The first-order valence-electron chi connectivity index (χ1n) is 8.80. The van der Waals surface area contributed by atoms with Gasteiger partial charge in [-0.25, -0.2) is 4.98 Å². The van der Waals surface area contributed by atoms with Gasteiger partial charge in [-0.05, 0) is 75.3 Å². The van der Waals surface area contributed by atoms with E-state index in [2.05, 4.69) is 32.6 Å². The van der Waals surface area contributed by atoms with Crippen LogP contribution in [0.15, 0.2) is 36.4 Å². The largest absolute Gasteiger partial charge is 0.331 e. The average molecular weight is 382 g/mol. The van der Waals surface area contributed by atoms with Crippen molar-refractivity contribution in [1.29, 1.82) is 0 Å². The number of imidazole rings is 1. The maximum atomic E-state index is 12.4. The predicted octanol–water partition coefficient (Wildman–Crippen LogP) is 3.61. The van der Waals surface area contributed by atoms with Gasteiger partial charge in [-0.2, -0.15) is 0 Å². The third kappa shape index (κ3) is 4.09. The van der Waals surface area contributed by atoms with Gasteiger partial charge in [-0.15, -0.1) is 0 Å². The van der Waals surface area contributed by atoms with Crippen LogP contribution in [-0.4, -0.2) is 20.6 Å². The number of aromatic nitrogens is 2. The number of carbonyl (C=O) groups excluding carboxylic acids is 1. The number of nitrogens with zero attached hydrogens (tertiary/aromatic N) is 2. The van der Waals surface area contributed by atoms with Crippen molar-refractivity contribution in [3.63, 3.8) is 0 Å². The number of hydrogen-bond donors (Lipinski definition) is 3. The standard InChI is InChI=1S/C20H23N5OS/c1-5-25-14(4)21-17-11-15(8-9-18(17)25)19(26)23-24-20(27)22-16-10-12(2)6-7-13(16)3/h6-11H,5H2,1-4H3,(H,23,26)(H2,22,24,27). The Morgan fingerprint density at radius 1 is 1.11 bits per heavy atom. The van der Waals surface area contributed by atoms with Crippen LogP contribution in [0.2, 0.25) is 0 Å². The van der Waals surface area contributed by atoms with Crippen LogP contribution in [0, 0.1) is 20.8 Å². The second kappa shape index (κ2) is 7.75. The molecule has 0 radical (unpaired) electrons. The number of rotatable bonds is 3. The zero-order chi connectivity index (χ0) is 19.6. The minimum Gasteiger partial charge on any atom is -0.331 e. The molecule has 0 saturated heterocycles. The third-order valence-electron chi connectivity index (χ3n) is 4.45. The van der Waals surface area contributed by atoms with Gasteiger partial charge in [0.2, 0.25) is 0 Å². The molecular weight excluding hydrogens is 358 g/mol. The highest BCUT2D eigenvalue weighted by atomic mass is 32.1. The first-order valence-corrected chi connectivity index (χ1v) is 9.21. The number of carbonyl (C=O) groups is 1. The van der Waals surface area contributed by atoms with Gasteiger partial charge in [0.15, 0.2) is 5.11 Å². The molecule has 140 valence electrons. The molecule has 0 unspecified atom stereocenters. The summed E-state index contributed by atoms with van der Waals surface area (Å²) in [5, 5.41) is 3.42. The smallest absolute Gasteiger partial charge is 0.269 e. The number of hydrogen-bond acceptors (Lipinski definition) is 3. The van der Waals surface area contributed by atoms with Crippen molar-refractivity contribution in [1.82, 2.24) is 20.4 Å². The summed E-state index contributed by atoms with van der Waals surface area (Å²) in [5.41, 5.74) is 10.8. The van der Waals surface area contributed by atoms with Crippen molar-refractivity contribution in [3.05, 3.63) is 58.9 Å². The van der Waals surface area contributed by atoms with Gasteiger partial charge < -0.3 is 9.88 Å². The quantitative estimate of drug-likeness (QED) is 0.478. The number of hydrazine groups is 1. The first-order chi connectivity index (χ1) is 12.9. The van der Waals surface area contributed by atoms with Crippen molar-refractivity contribution < 1.29 is 4.79 Å². The Hall–Kier alpha value is -2.93. The van der Waals surface area contributed by atoms with E-state index in [4.69, 9.17) is 12.2 Å². The third-order valence-corrected chi connectivity index (χ3v) is 4.65. The Balaban J connectivity index is 1.66. The predicted molar refractivity (Wildman–Crippen MR) is 113 cm³/mol. The van der Waals surface area contributed by atoms with Crippen molar-refractivity contribution in [2.45, 2.75) is 34.2 Å². The fourth-order valence-electron chi connectivity index (χ4n) is 3.00. The van der Waals surface area contributed by atoms with Crippen molar-refractivity contribution in [2.75, 3.05) is 5.32 Å². The van der Waals surface area contributed by atoms with E-state index in [-0.39, 0.29) is 5.91 Å². The number of anilines is 1. The van der Waals surface area contributed by atoms with Crippen LogP contribution < -0.4 is 16.2 Å². The number of benzene rings is 2. The summed E-state index contributed by atoms with van der Waals surface area (Å²) in [6.07, 6.45) is 0. The lowest BCUT2D eigenvalue weighted by Crippen LogP contribution is -2.43. The Morgan fingerprint density at radius 2 is 1.89 bits per heavy atom. The van der Waals surface area contributed by atoms with E-state index in [1.54, 1.807) is 12.1 Å². The normalized spacial score (nSPS) is 10.7. The maximum absolute atomic E-state index is 12.4. The van der Waals surface area contributed by atoms with Gasteiger partial charge in [0.1, 0.15) is 5.82 Å². The number of fused-ring (bicyclic) bond motifs is 1. The van der Waals surface area contributed by atoms with Crippen LogP contribution in [0.4, 0.5) is 5.69 Å². The Bertz CT molecular complexity index is 1020. The number of nitrogens with one attached hydrogen (secondary N) is 3. The fraction of sp³-hybridized carbons (Fsp3) is 0.250. The van der Waals surface area contributed by atoms with Gasteiger partial charge in [0.05, 0.1) is 11.0 Å². The van der Waals surface area contributed by atoms with Crippen LogP contribution in [0.25, 0.3) is 11.0 Å². The van der Waals surface area contributed by atoms with Crippen LogP contribution in [0.5, 0.6) is 0 Å². The highest BCUT2D eigenvalue weighted by molar-refractivity contribution is 7.80. The highest BCUT2D eigenvalue weighted by Gasteiger charge is 2.11. The summed E-state index contributed by atoms with van der Waals surface area (Å²) in [5.74, 6) is 0.660. The van der Waals surface area contributed by atoms with Gasteiger partial charge in [-0.3, -0.25) is 15.6 Å². The van der Waals surface area contributed by atoms with Gasteiger partial charge >= 0.3 is 0 Å². The van der Waals surface area contributed by atoms with Crippen LogP contribution >= 0.6 is 12.2 Å². The molecule has 6 nitrogen and oxygen atoms in total. The van der Waals surface area contributed by atoms with E-state index < -0.39 is 0 Å². The molecule has 3 N–H and O–H groups in total. The molecule has 1 amide bonds. The monoisotopic (exact) mass is 381 g/mol. The number of aryl methyl sites for hydroxylation is 4. The van der Waals surface area contributed by atoms with Crippen LogP contribution in [0.3, 0.4) is 0 Å². The molecule has 3 aromatic rings. The second-order valence-electron chi connectivity index (χ2n) is 6.46. The molecule has 0 aliphatic heterocycles. The summed E-state index contributed by atoms with van der Waals surface area (Å²) in [4.78, 5) is 17.0. The van der Waals surface area contributed by atoms with Gasteiger partial charge in [-0.1, -0.05) is 12.1 Å². The number of thiocarbonyl (C=S) groups is 1. The SMILES string of the molecule is CCn1c(C)nc2cc(C(=O)NNC(=S)Nc3cc(C)ccc3C)ccc21. The molecule has 27 heavy (non-hydrogen) atoms. The summed E-state index contributed by atoms with van der Waals surface area (Å²) in [6, 6.07) is 11.5. The van der Waals surface area contributed by atoms with E-state index >= 15 is 0 Å². The zero-order valence-electron chi connectivity index (χ0n) is 15.9. The molecule has 0 atom stereocenters. The van der Waals surface area contributed by atoms with Gasteiger partial charge in [0, 0.05) is 17.8 Å². The van der Waals surface area contributed by atoms with E-state index in [0.29, 0.717) is 10.7 Å². The molecule has 0 aliphatic rings. The van der Waals surface area contributed by atoms with E-state index in [9.17, 15) is 4.79 Å². The molecule has 3 rings (SSSR count). The summed E-state index contributed by atoms with van der Waals surface area (Å²) < 4.78 is 2.11. The molecule has 0 aliphatic carbocycles. The summed E-state index contributed by atoms with van der Waals surface area (Å²) >= 11 is 5.27. The van der Waals surface area contributed by atoms with Crippen LogP contribution in [-0.2, 0) is 6.54 Å². The van der Waals surface area contributed by atoms with E-state index in [1.165, 1.54) is 0 Å². The van der Waals surface area contributed by atoms with E-state index in [1.807, 2.05) is 45.0 Å². The van der Waals surface area contributed by atoms with Crippen molar-refractivity contribution in [3.8, 4) is 0 Å². The average Bonchev–Trinajstić information content (AvgIpc) is 2.96. The number of amides is 1.